The molecule has 0 saturated heterocycles. The Kier molecular flexibility index (Phi) is 4.02. The van der Waals surface area contributed by atoms with Gasteiger partial charge in [0, 0.05) is 37.6 Å². The molecule has 0 radical (unpaired) electrons. The highest BCUT2D eigenvalue weighted by molar-refractivity contribution is 5.45. The third-order valence-electron chi connectivity index (χ3n) is 3.11. The average Bonchev–Trinajstić information content (AvgIpc) is 2.43. The van der Waals surface area contributed by atoms with E-state index in [0.29, 0.717) is 13.1 Å². The van der Waals surface area contributed by atoms with Crippen LogP contribution in [0.25, 0.3) is 0 Å². The summed E-state index contributed by atoms with van der Waals surface area (Å²) in [5.74, 6) is 0. The van der Waals surface area contributed by atoms with Crippen LogP contribution in [-0.4, -0.2) is 4.57 Å². The van der Waals surface area contributed by atoms with E-state index < -0.39 is 0 Å². The lowest BCUT2D eigenvalue weighted by Gasteiger charge is -2.09. The molecule has 1 aromatic carbocycles. The fourth-order valence-corrected chi connectivity index (χ4v) is 2.02. The number of hydrogen-bond acceptors (Lipinski definition) is 3. The Morgan fingerprint density at radius 1 is 1.21 bits per heavy atom. The lowest BCUT2D eigenvalue weighted by molar-refractivity contribution is 0.831. The molecule has 0 amide bonds. The minimum absolute atomic E-state index is 0.0519. The van der Waals surface area contributed by atoms with E-state index in [0.717, 1.165) is 22.4 Å². The molecule has 2 rings (SSSR count). The fraction of sp³-hybridized carbons (Fsp3) is 0.267. The Morgan fingerprint density at radius 2 is 1.89 bits per heavy atom. The maximum absolute atomic E-state index is 11.6. The second-order valence-electron chi connectivity index (χ2n) is 4.70. The molecule has 0 atom stereocenters. The number of rotatable bonds is 4. The number of aromatic nitrogens is 1. The SMILES string of the molecule is Cc1cc(CNc2ccc(CN)cc2)cn(C)c1=O. The van der Waals surface area contributed by atoms with Crippen LogP contribution in [0.15, 0.2) is 41.3 Å². The van der Waals surface area contributed by atoms with Crippen molar-refractivity contribution >= 4 is 5.69 Å². The molecular weight excluding hydrogens is 238 g/mol. The molecule has 0 spiro atoms. The van der Waals surface area contributed by atoms with E-state index in [4.69, 9.17) is 5.73 Å². The second kappa shape index (κ2) is 5.71. The van der Waals surface area contributed by atoms with Crippen molar-refractivity contribution in [1.29, 1.82) is 0 Å². The van der Waals surface area contributed by atoms with E-state index >= 15 is 0 Å². The summed E-state index contributed by atoms with van der Waals surface area (Å²) in [7, 11) is 1.77. The number of nitrogens with two attached hydrogens (primary N) is 1. The van der Waals surface area contributed by atoms with Crippen molar-refractivity contribution in [3.63, 3.8) is 0 Å². The van der Waals surface area contributed by atoms with E-state index in [1.807, 2.05) is 43.5 Å². The highest BCUT2D eigenvalue weighted by atomic mass is 16.1. The van der Waals surface area contributed by atoms with Crippen LogP contribution in [0.1, 0.15) is 16.7 Å². The second-order valence-corrected chi connectivity index (χ2v) is 4.70. The maximum atomic E-state index is 11.6. The summed E-state index contributed by atoms with van der Waals surface area (Å²) >= 11 is 0. The molecule has 100 valence electrons. The molecule has 2 aromatic rings. The molecule has 0 bridgehead atoms. The first-order valence-electron chi connectivity index (χ1n) is 6.29. The molecule has 0 aliphatic carbocycles. The highest BCUT2D eigenvalue weighted by Crippen LogP contribution is 2.11. The van der Waals surface area contributed by atoms with Crippen molar-refractivity contribution in [3.05, 3.63) is 63.6 Å². The van der Waals surface area contributed by atoms with Gasteiger partial charge in [0.05, 0.1) is 0 Å². The standard InChI is InChI=1S/C15H19N3O/c1-11-7-13(10-18(2)15(11)19)9-17-14-5-3-12(8-16)4-6-14/h3-7,10,17H,8-9,16H2,1-2H3. The van der Waals surface area contributed by atoms with Crippen LogP contribution in [0.3, 0.4) is 0 Å². The van der Waals surface area contributed by atoms with Crippen LogP contribution in [0, 0.1) is 6.92 Å². The minimum atomic E-state index is 0.0519. The van der Waals surface area contributed by atoms with Gasteiger partial charge in [0.1, 0.15) is 0 Å². The van der Waals surface area contributed by atoms with E-state index in [-0.39, 0.29) is 5.56 Å². The molecule has 4 heteroatoms. The van der Waals surface area contributed by atoms with Crippen molar-refractivity contribution in [3.8, 4) is 0 Å². The zero-order valence-corrected chi connectivity index (χ0v) is 11.3. The van der Waals surface area contributed by atoms with Gasteiger partial charge < -0.3 is 15.6 Å². The number of aryl methyl sites for hydroxylation is 2. The van der Waals surface area contributed by atoms with Crippen LogP contribution in [-0.2, 0) is 20.1 Å². The molecule has 1 heterocycles. The first kappa shape index (κ1) is 13.4. The van der Waals surface area contributed by atoms with Gasteiger partial charge in [0.2, 0.25) is 0 Å². The summed E-state index contributed by atoms with van der Waals surface area (Å²) in [6.07, 6.45) is 1.86. The smallest absolute Gasteiger partial charge is 0.253 e. The summed E-state index contributed by atoms with van der Waals surface area (Å²) in [5.41, 5.74) is 9.62. The van der Waals surface area contributed by atoms with Gasteiger partial charge in [-0.3, -0.25) is 4.79 Å². The summed E-state index contributed by atoms with van der Waals surface area (Å²) in [5, 5.41) is 3.33. The Labute approximate surface area is 112 Å². The average molecular weight is 257 g/mol. The fourth-order valence-electron chi connectivity index (χ4n) is 2.02. The maximum Gasteiger partial charge on any atom is 0.253 e. The summed E-state index contributed by atoms with van der Waals surface area (Å²) < 4.78 is 1.61. The van der Waals surface area contributed by atoms with E-state index in [9.17, 15) is 4.79 Å². The molecule has 0 unspecified atom stereocenters. The third kappa shape index (κ3) is 3.23. The lowest BCUT2D eigenvalue weighted by Crippen LogP contribution is -2.19. The van der Waals surface area contributed by atoms with Crippen LogP contribution >= 0.6 is 0 Å². The Hall–Kier alpha value is -2.07. The largest absolute Gasteiger partial charge is 0.381 e. The predicted molar refractivity (Wildman–Crippen MR) is 78.1 cm³/mol. The van der Waals surface area contributed by atoms with Crippen molar-refractivity contribution < 1.29 is 0 Å². The lowest BCUT2D eigenvalue weighted by atomic mass is 10.2. The van der Waals surface area contributed by atoms with Gasteiger partial charge in [0.25, 0.3) is 5.56 Å². The Bertz CT molecular complexity index is 588. The first-order valence-corrected chi connectivity index (χ1v) is 6.29. The summed E-state index contributed by atoms with van der Waals surface area (Å²) in [6.45, 7) is 3.08. The van der Waals surface area contributed by atoms with Gasteiger partial charge in [-0.2, -0.15) is 0 Å². The third-order valence-corrected chi connectivity index (χ3v) is 3.11. The monoisotopic (exact) mass is 257 g/mol. The topological polar surface area (TPSA) is 60.0 Å². The Morgan fingerprint density at radius 3 is 2.47 bits per heavy atom. The predicted octanol–water partition coefficient (Wildman–Crippen LogP) is 1.76. The van der Waals surface area contributed by atoms with Gasteiger partial charge in [-0.25, -0.2) is 0 Å². The number of hydrogen-bond donors (Lipinski definition) is 2. The van der Waals surface area contributed by atoms with E-state index in [1.165, 1.54) is 0 Å². The molecule has 1 aromatic heterocycles. The van der Waals surface area contributed by atoms with Gasteiger partial charge in [0.15, 0.2) is 0 Å². The molecule has 0 aliphatic rings. The first-order chi connectivity index (χ1) is 9.10. The quantitative estimate of drug-likeness (QED) is 0.877. The number of anilines is 1. The van der Waals surface area contributed by atoms with Crippen LogP contribution in [0.2, 0.25) is 0 Å². The van der Waals surface area contributed by atoms with E-state index in [2.05, 4.69) is 5.32 Å². The van der Waals surface area contributed by atoms with Gasteiger partial charge in [-0.1, -0.05) is 12.1 Å². The molecule has 19 heavy (non-hydrogen) atoms. The van der Waals surface area contributed by atoms with Gasteiger partial charge in [-0.05, 0) is 36.2 Å². The van der Waals surface area contributed by atoms with Crippen LogP contribution in [0.5, 0.6) is 0 Å². The van der Waals surface area contributed by atoms with Crippen LogP contribution < -0.4 is 16.6 Å². The summed E-state index contributed by atoms with van der Waals surface area (Å²) in [6, 6.07) is 9.96. The molecule has 3 N–H and O–H groups in total. The molecule has 0 fully saturated rings. The molecular formula is C15H19N3O. The van der Waals surface area contributed by atoms with Gasteiger partial charge in [-0.15, -0.1) is 0 Å². The molecule has 0 aliphatic heterocycles. The number of nitrogens with zero attached hydrogens (tertiary/aromatic N) is 1. The number of pyridine rings is 1. The van der Waals surface area contributed by atoms with E-state index in [1.54, 1.807) is 11.6 Å². The van der Waals surface area contributed by atoms with Gasteiger partial charge >= 0.3 is 0 Å². The minimum Gasteiger partial charge on any atom is -0.381 e. The summed E-state index contributed by atoms with van der Waals surface area (Å²) in [4.78, 5) is 11.6. The molecule has 0 saturated carbocycles. The van der Waals surface area contributed by atoms with Crippen molar-refractivity contribution in [1.82, 2.24) is 4.57 Å². The zero-order valence-electron chi connectivity index (χ0n) is 11.3. The number of benzene rings is 1. The Balaban J connectivity index is 2.07. The zero-order chi connectivity index (χ0) is 13.8. The van der Waals surface area contributed by atoms with Crippen molar-refractivity contribution in [2.24, 2.45) is 12.8 Å². The molecule has 4 nitrogen and oxygen atoms in total. The highest BCUT2D eigenvalue weighted by Gasteiger charge is 2.00. The number of nitrogens with one attached hydrogen (secondary N) is 1. The van der Waals surface area contributed by atoms with Crippen molar-refractivity contribution in [2.45, 2.75) is 20.0 Å². The normalized spacial score (nSPS) is 10.5. The van der Waals surface area contributed by atoms with Crippen LogP contribution in [0.4, 0.5) is 5.69 Å². The van der Waals surface area contributed by atoms with Crippen molar-refractivity contribution in [2.75, 3.05) is 5.32 Å².